The molecule has 0 aliphatic heterocycles. The van der Waals surface area contributed by atoms with Gasteiger partial charge in [0.15, 0.2) is 0 Å². The van der Waals surface area contributed by atoms with Gasteiger partial charge in [0, 0.05) is 4.88 Å². The monoisotopic (exact) mass is 348 g/mol. The van der Waals surface area contributed by atoms with E-state index in [1.165, 1.54) is 16.6 Å². The predicted molar refractivity (Wildman–Crippen MR) is 93.9 cm³/mol. The van der Waals surface area contributed by atoms with E-state index >= 15 is 0 Å². The molecule has 0 saturated heterocycles. The van der Waals surface area contributed by atoms with Gasteiger partial charge in [0.2, 0.25) is 5.91 Å². The van der Waals surface area contributed by atoms with Crippen LogP contribution in [0.3, 0.4) is 0 Å². The Balaban J connectivity index is 1.69. The molecule has 114 valence electrons. The maximum atomic E-state index is 12.1. The summed E-state index contributed by atoms with van der Waals surface area (Å²) in [5.74, 6) is 1.00. The Hall–Kier alpha value is -1.29. The van der Waals surface area contributed by atoms with Crippen molar-refractivity contribution in [1.29, 1.82) is 5.26 Å². The van der Waals surface area contributed by atoms with Crippen molar-refractivity contribution in [3.05, 3.63) is 33.5 Å². The molecule has 3 nitrogen and oxygen atoms in total. The van der Waals surface area contributed by atoms with E-state index in [1.54, 1.807) is 22.7 Å². The maximum Gasteiger partial charge on any atom is 0.235 e. The summed E-state index contributed by atoms with van der Waals surface area (Å²) in [5.41, 5.74) is 1.84. The van der Waals surface area contributed by atoms with Crippen molar-refractivity contribution >= 4 is 45.3 Å². The normalized spacial score (nSPS) is 16.8. The highest BCUT2D eigenvalue weighted by atomic mass is 32.2. The van der Waals surface area contributed by atoms with E-state index in [-0.39, 0.29) is 5.91 Å². The van der Waals surface area contributed by atoms with Crippen molar-refractivity contribution in [3.8, 4) is 6.07 Å². The first-order valence-corrected chi connectivity index (χ1v) is 9.86. The molecule has 1 aliphatic carbocycles. The number of rotatable bonds is 4. The summed E-state index contributed by atoms with van der Waals surface area (Å²) in [7, 11) is 0. The Morgan fingerprint density at radius 3 is 3.18 bits per heavy atom. The molecule has 2 aromatic heterocycles. The van der Waals surface area contributed by atoms with Crippen molar-refractivity contribution in [1.82, 2.24) is 0 Å². The maximum absolute atomic E-state index is 12.1. The number of nitrogens with zero attached hydrogens (tertiary/aromatic N) is 1. The van der Waals surface area contributed by atoms with Crippen molar-refractivity contribution in [2.75, 3.05) is 11.1 Å². The largest absolute Gasteiger partial charge is 0.316 e. The Morgan fingerprint density at radius 2 is 2.45 bits per heavy atom. The molecule has 6 heteroatoms. The summed E-state index contributed by atoms with van der Waals surface area (Å²) in [6, 6.07) is 6.27. The molecule has 0 bridgehead atoms. The second kappa shape index (κ2) is 6.86. The zero-order valence-electron chi connectivity index (χ0n) is 12.2. The van der Waals surface area contributed by atoms with E-state index in [4.69, 9.17) is 0 Å². The fourth-order valence-corrected chi connectivity index (χ4v) is 5.56. The van der Waals surface area contributed by atoms with Crippen LogP contribution in [-0.4, -0.2) is 11.7 Å². The first-order valence-electron chi connectivity index (χ1n) is 7.18. The number of amides is 1. The number of thioether (sulfide) groups is 1. The van der Waals surface area contributed by atoms with Crippen LogP contribution in [0, 0.1) is 17.2 Å². The Morgan fingerprint density at radius 1 is 1.59 bits per heavy atom. The van der Waals surface area contributed by atoms with Gasteiger partial charge in [0.05, 0.1) is 15.5 Å². The second-order valence-electron chi connectivity index (χ2n) is 5.44. The summed E-state index contributed by atoms with van der Waals surface area (Å²) in [5, 5.41) is 15.1. The van der Waals surface area contributed by atoms with Crippen LogP contribution in [0.4, 0.5) is 5.00 Å². The summed E-state index contributed by atoms with van der Waals surface area (Å²) >= 11 is 4.75. The van der Waals surface area contributed by atoms with Gasteiger partial charge in [-0.25, -0.2) is 0 Å². The van der Waals surface area contributed by atoms with Crippen LogP contribution >= 0.6 is 34.4 Å². The lowest BCUT2D eigenvalue weighted by Crippen LogP contribution is -2.14. The molecule has 0 saturated carbocycles. The quantitative estimate of drug-likeness (QED) is 0.826. The summed E-state index contributed by atoms with van der Waals surface area (Å²) in [6.45, 7) is 2.24. The van der Waals surface area contributed by atoms with Crippen LogP contribution in [0.2, 0.25) is 0 Å². The molecular formula is C16H16N2OS3. The number of anilines is 1. The second-order valence-corrected chi connectivity index (χ2v) is 8.77. The average Bonchev–Trinajstić information content (AvgIpc) is 3.11. The smallest absolute Gasteiger partial charge is 0.235 e. The molecule has 1 amide bonds. The highest BCUT2D eigenvalue weighted by molar-refractivity contribution is 8.01. The summed E-state index contributed by atoms with van der Waals surface area (Å²) in [4.78, 5) is 13.4. The van der Waals surface area contributed by atoms with Crippen molar-refractivity contribution in [3.63, 3.8) is 0 Å². The highest BCUT2D eigenvalue weighted by Crippen LogP contribution is 2.39. The van der Waals surface area contributed by atoms with Crippen LogP contribution < -0.4 is 5.32 Å². The van der Waals surface area contributed by atoms with Crippen LogP contribution in [0.1, 0.15) is 29.3 Å². The van der Waals surface area contributed by atoms with Crippen molar-refractivity contribution in [2.24, 2.45) is 5.92 Å². The zero-order valence-corrected chi connectivity index (χ0v) is 14.7. The summed E-state index contributed by atoms with van der Waals surface area (Å²) < 4.78 is 1.13. The Labute approximate surface area is 142 Å². The van der Waals surface area contributed by atoms with E-state index in [1.807, 2.05) is 17.5 Å². The Kier molecular flexibility index (Phi) is 4.87. The Bertz CT molecular complexity index is 713. The van der Waals surface area contributed by atoms with Gasteiger partial charge in [-0.1, -0.05) is 13.0 Å². The van der Waals surface area contributed by atoms with Gasteiger partial charge in [-0.15, -0.1) is 34.4 Å². The minimum Gasteiger partial charge on any atom is -0.316 e. The minimum atomic E-state index is -0.0402. The molecule has 22 heavy (non-hydrogen) atoms. The van der Waals surface area contributed by atoms with Crippen LogP contribution in [0.15, 0.2) is 21.7 Å². The third-order valence-electron chi connectivity index (χ3n) is 3.72. The van der Waals surface area contributed by atoms with E-state index in [0.717, 1.165) is 34.0 Å². The zero-order chi connectivity index (χ0) is 15.5. The van der Waals surface area contributed by atoms with E-state index in [9.17, 15) is 10.1 Å². The van der Waals surface area contributed by atoms with Gasteiger partial charge < -0.3 is 5.32 Å². The van der Waals surface area contributed by atoms with E-state index in [2.05, 4.69) is 18.3 Å². The topological polar surface area (TPSA) is 52.9 Å². The van der Waals surface area contributed by atoms with Crippen molar-refractivity contribution < 1.29 is 4.79 Å². The lowest BCUT2D eigenvalue weighted by Gasteiger charge is -2.17. The fraction of sp³-hybridized carbons (Fsp3) is 0.375. The molecule has 1 aliphatic rings. The van der Waals surface area contributed by atoms with Crippen LogP contribution in [-0.2, 0) is 17.6 Å². The number of hydrogen-bond acceptors (Lipinski definition) is 5. The number of nitriles is 1. The molecule has 1 N–H and O–H groups in total. The third kappa shape index (κ3) is 3.37. The number of carbonyl (C=O) groups excluding carboxylic acids is 1. The molecule has 0 radical (unpaired) electrons. The number of hydrogen-bond donors (Lipinski definition) is 1. The predicted octanol–water partition coefficient (Wildman–Crippen LogP) is 4.54. The number of nitrogens with one attached hydrogen (secondary N) is 1. The molecule has 3 rings (SSSR count). The molecule has 1 atom stereocenters. The number of carbonyl (C=O) groups is 1. The van der Waals surface area contributed by atoms with Gasteiger partial charge in [-0.2, -0.15) is 5.26 Å². The lowest BCUT2D eigenvalue weighted by atomic mass is 9.89. The number of thiophene rings is 2. The van der Waals surface area contributed by atoms with Gasteiger partial charge in [0.25, 0.3) is 0 Å². The summed E-state index contributed by atoms with van der Waals surface area (Å²) in [6.07, 6.45) is 3.10. The molecular weight excluding hydrogens is 332 g/mol. The third-order valence-corrected chi connectivity index (χ3v) is 7.02. The fourth-order valence-electron chi connectivity index (χ4n) is 2.60. The van der Waals surface area contributed by atoms with E-state index in [0.29, 0.717) is 17.2 Å². The molecule has 2 heterocycles. The molecule has 0 unspecified atom stereocenters. The lowest BCUT2D eigenvalue weighted by molar-refractivity contribution is -0.113. The molecule has 2 aromatic rings. The van der Waals surface area contributed by atoms with Gasteiger partial charge in [-0.3, -0.25) is 4.79 Å². The molecule has 0 fully saturated rings. The van der Waals surface area contributed by atoms with E-state index < -0.39 is 0 Å². The highest BCUT2D eigenvalue weighted by Gasteiger charge is 2.24. The first-order chi connectivity index (χ1) is 10.7. The van der Waals surface area contributed by atoms with Gasteiger partial charge in [-0.05, 0) is 42.2 Å². The van der Waals surface area contributed by atoms with Gasteiger partial charge >= 0.3 is 0 Å². The first kappa shape index (κ1) is 15.6. The van der Waals surface area contributed by atoms with Crippen LogP contribution in [0.25, 0.3) is 0 Å². The standard InChI is InChI=1S/C16H16N2OS3/c1-10-4-5-11-12(8-17)16(22-13(11)7-10)18-14(19)9-21-15-3-2-6-20-15/h2-3,6,10H,4-5,7,9H2,1H3,(H,18,19)/t10-/m1/s1. The minimum absolute atomic E-state index is 0.0402. The SMILES string of the molecule is C[C@@H]1CCc2c(sc(NC(=O)CSc3cccs3)c2C#N)C1. The molecule has 0 aromatic carbocycles. The number of fused-ring (bicyclic) bond motifs is 1. The van der Waals surface area contributed by atoms with Crippen LogP contribution in [0.5, 0.6) is 0 Å². The average molecular weight is 349 g/mol. The van der Waals surface area contributed by atoms with Gasteiger partial charge in [0.1, 0.15) is 11.1 Å². The molecule has 0 spiro atoms. The van der Waals surface area contributed by atoms with Crippen molar-refractivity contribution in [2.45, 2.75) is 30.4 Å².